The van der Waals surface area contributed by atoms with E-state index in [2.05, 4.69) is 39.7 Å². The van der Waals surface area contributed by atoms with E-state index in [0.29, 0.717) is 6.61 Å². The zero-order valence-electron chi connectivity index (χ0n) is 18.1. The molecule has 0 amide bonds. The molecule has 5 nitrogen and oxygen atoms in total. The van der Waals surface area contributed by atoms with Gasteiger partial charge in [0.25, 0.3) is 0 Å². The Labute approximate surface area is 180 Å². The second-order valence-electron chi connectivity index (χ2n) is 8.21. The van der Waals surface area contributed by atoms with Crippen LogP contribution in [-0.4, -0.2) is 65.2 Å². The highest BCUT2D eigenvalue weighted by atomic mass is 35.5. The molecule has 0 bridgehead atoms. The van der Waals surface area contributed by atoms with Crippen molar-refractivity contribution in [1.82, 2.24) is 19.4 Å². The van der Waals surface area contributed by atoms with Crippen LogP contribution < -0.4 is 4.74 Å². The number of hydrogen-bond acceptors (Lipinski definition) is 4. The number of alkyl halides is 1. The van der Waals surface area contributed by atoms with E-state index in [9.17, 15) is 0 Å². The quantitative estimate of drug-likeness (QED) is 0.422. The minimum Gasteiger partial charge on any atom is -0.493 e. The Bertz CT molecular complexity index is 725. The Morgan fingerprint density at radius 1 is 1.10 bits per heavy atom. The van der Waals surface area contributed by atoms with Crippen LogP contribution in [-0.2, 0) is 6.54 Å². The molecule has 1 aliphatic heterocycles. The first-order chi connectivity index (χ1) is 14.0. The number of benzene rings is 1. The molecule has 29 heavy (non-hydrogen) atoms. The fraction of sp³-hybridized carbons (Fsp3) is 0.609. The standard InChI is InChI=1S/C23H35ClN4O/c1-19(20-7-9-21(10-8-20)29-18-11-22(24)26(2)3)23-25-12-15-28(23)17-16-27-13-5-4-6-14-27/h7-10,12,15,19,22H,4-6,11,13-14,16-18H2,1-3H3. The van der Waals surface area contributed by atoms with E-state index in [-0.39, 0.29) is 11.4 Å². The van der Waals surface area contributed by atoms with Gasteiger partial charge in [0, 0.05) is 37.8 Å². The molecule has 1 aromatic heterocycles. The minimum absolute atomic E-state index is 0.00177. The van der Waals surface area contributed by atoms with Crippen LogP contribution in [0, 0.1) is 0 Å². The van der Waals surface area contributed by atoms with Crippen LogP contribution in [0.15, 0.2) is 36.7 Å². The fourth-order valence-corrected chi connectivity index (χ4v) is 3.95. The molecule has 2 atom stereocenters. The van der Waals surface area contributed by atoms with Gasteiger partial charge >= 0.3 is 0 Å². The van der Waals surface area contributed by atoms with E-state index in [1.807, 2.05) is 37.3 Å². The highest BCUT2D eigenvalue weighted by Gasteiger charge is 2.16. The predicted molar refractivity (Wildman–Crippen MR) is 120 cm³/mol. The summed E-state index contributed by atoms with van der Waals surface area (Å²) in [5, 5.41) is 0. The molecule has 2 aromatic rings. The molecule has 1 aromatic carbocycles. The molecule has 2 unspecified atom stereocenters. The van der Waals surface area contributed by atoms with Crippen molar-refractivity contribution < 1.29 is 4.74 Å². The summed E-state index contributed by atoms with van der Waals surface area (Å²) in [6.45, 7) is 7.43. The van der Waals surface area contributed by atoms with E-state index < -0.39 is 0 Å². The Morgan fingerprint density at radius 3 is 2.52 bits per heavy atom. The number of hydrogen-bond donors (Lipinski definition) is 0. The van der Waals surface area contributed by atoms with Crippen LogP contribution in [0.3, 0.4) is 0 Å². The van der Waals surface area contributed by atoms with Gasteiger partial charge in [-0.3, -0.25) is 4.90 Å². The third kappa shape index (κ3) is 6.46. The van der Waals surface area contributed by atoms with Gasteiger partial charge in [0.1, 0.15) is 11.6 Å². The molecular formula is C23H35ClN4O. The molecule has 1 saturated heterocycles. The first kappa shape index (κ1) is 22.1. The molecule has 0 radical (unpaired) electrons. The predicted octanol–water partition coefficient (Wildman–Crippen LogP) is 4.42. The number of imidazole rings is 1. The third-order valence-electron chi connectivity index (χ3n) is 5.81. The van der Waals surface area contributed by atoms with Crippen molar-refractivity contribution >= 4 is 11.6 Å². The molecule has 1 aliphatic rings. The van der Waals surface area contributed by atoms with Crippen LogP contribution in [0.1, 0.15) is 49.9 Å². The molecule has 1 fully saturated rings. The summed E-state index contributed by atoms with van der Waals surface area (Å²) in [7, 11) is 3.95. The summed E-state index contributed by atoms with van der Waals surface area (Å²) >= 11 is 6.23. The van der Waals surface area contributed by atoms with Gasteiger partial charge in [0.15, 0.2) is 0 Å². The lowest BCUT2D eigenvalue weighted by molar-refractivity contribution is 0.220. The van der Waals surface area contributed by atoms with Gasteiger partial charge in [-0.25, -0.2) is 4.98 Å². The molecule has 6 heteroatoms. The minimum atomic E-state index is -0.00177. The van der Waals surface area contributed by atoms with Crippen molar-refractivity contribution in [2.75, 3.05) is 40.3 Å². The SMILES string of the molecule is CC(c1ccc(OCCC(Cl)N(C)C)cc1)c1nccn1CCN1CCCCC1. The maximum atomic E-state index is 6.23. The number of rotatable bonds is 10. The lowest BCUT2D eigenvalue weighted by Crippen LogP contribution is -2.32. The van der Waals surface area contributed by atoms with Crippen LogP contribution in [0.4, 0.5) is 0 Å². The first-order valence-corrected chi connectivity index (χ1v) is 11.2. The zero-order valence-corrected chi connectivity index (χ0v) is 18.8. The van der Waals surface area contributed by atoms with Gasteiger partial charge in [-0.15, -0.1) is 11.6 Å². The van der Waals surface area contributed by atoms with Crippen LogP contribution in [0.2, 0.25) is 0 Å². The van der Waals surface area contributed by atoms with Gasteiger partial charge in [-0.05, 0) is 57.7 Å². The third-order valence-corrected chi connectivity index (χ3v) is 6.41. The monoisotopic (exact) mass is 418 g/mol. The molecule has 0 N–H and O–H groups in total. The van der Waals surface area contributed by atoms with Crippen molar-refractivity contribution in [2.24, 2.45) is 0 Å². The van der Waals surface area contributed by atoms with E-state index in [4.69, 9.17) is 16.3 Å². The maximum absolute atomic E-state index is 6.23. The summed E-state index contributed by atoms with van der Waals surface area (Å²) < 4.78 is 8.16. The van der Waals surface area contributed by atoms with Gasteiger partial charge < -0.3 is 14.2 Å². The number of aromatic nitrogens is 2. The second-order valence-corrected chi connectivity index (χ2v) is 8.71. The average molecular weight is 419 g/mol. The van der Waals surface area contributed by atoms with Crippen molar-refractivity contribution in [3.05, 3.63) is 48.0 Å². The fourth-order valence-electron chi connectivity index (χ4n) is 3.86. The van der Waals surface area contributed by atoms with E-state index in [0.717, 1.165) is 31.1 Å². The number of ether oxygens (including phenoxy) is 1. The summed E-state index contributed by atoms with van der Waals surface area (Å²) in [6, 6.07) is 8.39. The second kappa shape index (κ2) is 11.0. The molecule has 0 saturated carbocycles. The first-order valence-electron chi connectivity index (χ1n) is 10.8. The van der Waals surface area contributed by atoms with Crippen LogP contribution in [0.5, 0.6) is 5.75 Å². The summed E-state index contributed by atoms with van der Waals surface area (Å²) in [5.74, 6) is 2.27. The zero-order chi connectivity index (χ0) is 20.6. The van der Waals surface area contributed by atoms with E-state index in [1.165, 1.54) is 37.9 Å². The summed E-state index contributed by atoms with van der Waals surface area (Å²) in [6.07, 6.45) is 8.88. The van der Waals surface area contributed by atoms with Crippen molar-refractivity contribution in [3.63, 3.8) is 0 Å². The molecule has 3 rings (SSSR count). The molecule has 160 valence electrons. The Hall–Kier alpha value is -1.56. The number of nitrogens with zero attached hydrogens (tertiary/aromatic N) is 4. The number of likely N-dealkylation sites (tertiary alicyclic amines) is 1. The maximum Gasteiger partial charge on any atom is 0.119 e. The molecule has 0 aliphatic carbocycles. The van der Waals surface area contributed by atoms with Crippen molar-refractivity contribution in [2.45, 2.75) is 50.6 Å². The van der Waals surface area contributed by atoms with Gasteiger partial charge in [0.2, 0.25) is 0 Å². The largest absolute Gasteiger partial charge is 0.493 e. The Balaban J connectivity index is 1.53. The normalized spacial score (nSPS) is 17.4. The average Bonchev–Trinajstić information content (AvgIpc) is 3.21. The van der Waals surface area contributed by atoms with Gasteiger partial charge in [0.05, 0.1) is 12.1 Å². The van der Waals surface area contributed by atoms with Gasteiger partial charge in [-0.1, -0.05) is 25.5 Å². The lowest BCUT2D eigenvalue weighted by Gasteiger charge is -2.27. The topological polar surface area (TPSA) is 33.5 Å². The van der Waals surface area contributed by atoms with Crippen molar-refractivity contribution in [1.29, 1.82) is 0 Å². The molecular weight excluding hydrogens is 384 g/mol. The van der Waals surface area contributed by atoms with E-state index in [1.54, 1.807) is 0 Å². The Morgan fingerprint density at radius 2 is 1.83 bits per heavy atom. The highest BCUT2D eigenvalue weighted by molar-refractivity contribution is 6.20. The van der Waals surface area contributed by atoms with Crippen LogP contribution in [0.25, 0.3) is 0 Å². The van der Waals surface area contributed by atoms with Crippen LogP contribution >= 0.6 is 11.6 Å². The summed E-state index contributed by atoms with van der Waals surface area (Å²) in [4.78, 5) is 9.22. The molecule has 2 heterocycles. The molecule has 0 spiro atoms. The smallest absolute Gasteiger partial charge is 0.119 e. The van der Waals surface area contributed by atoms with Gasteiger partial charge in [-0.2, -0.15) is 0 Å². The van der Waals surface area contributed by atoms with E-state index >= 15 is 0 Å². The number of halogens is 1. The Kier molecular flexibility index (Phi) is 8.40. The highest BCUT2D eigenvalue weighted by Crippen LogP contribution is 2.25. The summed E-state index contributed by atoms with van der Waals surface area (Å²) in [5.41, 5.74) is 1.25. The number of piperidine rings is 1. The van der Waals surface area contributed by atoms with Crippen molar-refractivity contribution in [3.8, 4) is 5.75 Å². The lowest BCUT2D eigenvalue weighted by atomic mass is 10.0.